The number of pyridine rings is 1. The monoisotopic (exact) mass is 334 g/mol. The van der Waals surface area contributed by atoms with Gasteiger partial charge in [-0.2, -0.15) is 5.10 Å². The van der Waals surface area contributed by atoms with Crippen molar-refractivity contribution in [2.45, 2.75) is 13.3 Å². The Balaban J connectivity index is 2.30. The van der Waals surface area contributed by atoms with E-state index in [9.17, 15) is 4.79 Å². The van der Waals surface area contributed by atoms with E-state index in [1.165, 1.54) is 0 Å². The van der Waals surface area contributed by atoms with E-state index in [4.69, 9.17) is 0 Å². The molecule has 2 aromatic heterocycles. The van der Waals surface area contributed by atoms with Crippen LogP contribution in [0.4, 0.5) is 0 Å². The second-order valence-electron chi connectivity index (χ2n) is 4.16. The Morgan fingerprint density at radius 3 is 2.90 bits per heavy atom. The first-order valence-corrected chi connectivity index (χ1v) is 7.02. The van der Waals surface area contributed by atoms with E-state index >= 15 is 0 Å². The molecule has 0 atom stereocenters. The summed E-state index contributed by atoms with van der Waals surface area (Å²) in [6.45, 7) is 6.06. The van der Waals surface area contributed by atoms with Crippen LogP contribution >= 0.6 is 15.9 Å². The zero-order valence-electron chi connectivity index (χ0n) is 11.1. The fourth-order valence-electron chi connectivity index (χ4n) is 1.85. The van der Waals surface area contributed by atoms with Gasteiger partial charge in [-0.15, -0.1) is 0 Å². The van der Waals surface area contributed by atoms with E-state index in [1.807, 2.05) is 25.1 Å². The van der Waals surface area contributed by atoms with Gasteiger partial charge in [-0.1, -0.05) is 35.5 Å². The lowest BCUT2D eigenvalue weighted by atomic mass is 10.2. The molecule has 0 spiro atoms. The van der Waals surface area contributed by atoms with Gasteiger partial charge in [0, 0.05) is 17.2 Å². The van der Waals surface area contributed by atoms with Crippen molar-refractivity contribution in [3.05, 3.63) is 52.9 Å². The van der Waals surface area contributed by atoms with Crippen molar-refractivity contribution < 1.29 is 4.79 Å². The molecule has 5 nitrogen and oxygen atoms in total. The smallest absolute Gasteiger partial charge is 0.255 e. The van der Waals surface area contributed by atoms with Crippen LogP contribution in [0.3, 0.4) is 0 Å². The molecule has 0 aliphatic heterocycles. The quantitative estimate of drug-likeness (QED) is 0.913. The Labute approximate surface area is 125 Å². The van der Waals surface area contributed by atoms with E-state index < -0.39 is 0 Å². The van der Waals surface area contributed by atoms with Gasteiger partial charge in [0.25, 0.3) is 5.91 Å². The number of nitrogens with one attached hydrogen (secondary N) is 1. The highest BCUT2D eigenvalue weighted by Crippen LogP contribution is 2.14. The summed E-state index contributed by atoms with van der Waals surface area (Å²) in [5.74, 6) is 0.540. The van der Waals surface area contributed by atoms with Crippen LogP contribution in [0, 0.1) is 0 Å². The Morgan fingerprint density at radius 1 is 1.50 bits per heavy atom. The van der Waals surface area contributed by atoms with E-state index in [1.54, 1.807) is 17.1 Å². The number of carbonyl (C=O) groups is 1. The van der Waals surface area contributed by atoms with Crippen LogP contribution in [-0.2, 0) is 6.42 Å². The van der Waals surface area contributed by atoms with Gasteiger partial charge in [-0.3, -0.25) is 4.79 Å². The second kappa shape index (κ2) is 6.47. The molecule has 2 heterocycles. The Kier molecular flexibility index (Phi) is 4.68. The third-order valence-electron chi connectivity index (χ3n) is 2.76. The first kappa shape index (κ1) is 14.5. The molecule has 2 aromatic rings. The highest BCUT2D eigenvalue weighted by molar-refractivity contribution is 9.11. The zero-order chi connectivity index (χ0) is 14.5. The normalized spacial score (nSPS) is 10.3. The summed E-state index contributed by atoms with van der Waals surface area (Å²) < 4.78 is 2.42. The van der Waals surface area contributed by atoms with E-state index in [0.29, 0.717) is 24.3 Å². The van der Waals surface area contributed by atoms with Gasteiger partial charge in [0.05, 0.1) is 17.5 Å². The molecule has 1 N–H and O–H groups in total. The van der Waals surface area contributed by atoms with Crippen LogP contribution < -0.4 is 5.32 Å². The average molecular weight is 335 g/mol. The number of carbonyl (C=O) groups excluding carboxylic acids is 1. The van der Waals surface area contributed by atoms with Crippen LogP contribution in [0.5, 0.6) is 0 Å². The molecule has 0 unspecified atom stereocenters. The third kappa shape index (κ3) is 3.14. The first-order valence-electron chi connectivity index (χ1n) is 6.23. The van der Waals surface area contributed by atoms with Crippen molar-refractivity contribution in [1.29, 1.82) is 0 Å². The summed E-state index contributed by atoms with van der Waals surface area (Å²) in [6.07, 6.45) is 3.96. The van der Waals surface area contributed by atoms with Crippen molar-refractivity contribution in [3.8, 4) is 5.82 Å². The minimum Gasteiger partial charge on any atom is -0.347 e. The fraction of sp³-hybridized carbons (Fsp3) is 0.214. The van der Waals surface area contributed by atoms with Gasteiger partial charge >= 0.3 is 0 Å². The van der Waals surface area contributed by atoms with E-state index in [-0.39, 0.29) is 5.91 Å². The Hall–Kier alpha value is -1.95. The van der Waals surface area contributed by atoms with Gasteiger partial charge in [0.1, 0.15) is 0 Å². The number of nitrogens with zero attached hydrogens (tertiary/aromatic N) is 3. The molecular weight excluding hydrogens is 320 g/mol. The second-order valence-corrected chi connectivity index (χ2v) is 5.28. The minimum absolute atomic E-state index is 0.162. The maximum atomic E-state index is 12.1. The van der Waals surface area contributed by atoms with Gasteiger partial charge < -0.3 is 5.32 Å². The summed E-state index contributed by atoms with van der Waals surface area (Å²) in [4.78, 5) is 16.4. The summed E-state index contributed by atoms with van der Waals surface area (Å²) in [7, 11) is 0. The maximum Gasteiger partial charge on any atom is 0.255 e. The SMILES string of the molecule is C=C(Br)CNC(=O)c1cnn(-c2ccccn2)c1CC. The Morgan fingerprint density at radius 2 is 2.30 bits per heavy atom. The van der Waals surface area contributed by atoms with Gasteiger partial charge in [0.2, 0.25) is 0 Å². The molecule has 0 aliphatic rings. The number of rotatable bonds is 5. The molecule has 6 heteroatoms. The molecule has 0 saturated heterocycles. The predicted octanol–water partition coefficient (Wildman–Crippen LogP) is 2.47. The molecule has 0 saturated carbocycles. The third-order valence-corrected chi connectivity index (χ3v) is 3.04. The summed E-state index contributed by atoms with van der Waals surface area (Å²) in [5, 5.41) is 7.04. The van der Waals surface area contributed by atoms with Crippen molar-refractivity contribution >= 4 is 21.8 Å². The van der Waals surface area contributed by atoms with Gasteiger partial charge in [-0.05, 0) is 18.6 Å². The molecule has 0 aliphatic carbocycles. The molecule has 0 aromatic carbocycles. The molecule has 0 fully saturated rings. The number of aromatic nitrogens is 3. The molecule has 0 radical (unpaired) electrons. The van der Waals surface area contributed by atoms with Gasteiger partial charge in [-0.25, -0.2) is 9.67 Å². The molecule has 2 rings (SSSR count). The lowest BCUT2D eigenvalue weighted by Gasteiger charge is -2.07. The van der Waals surface area contributed by atoms with Crippen molar-refractivity contribution in [3.63, 3.8) is 0 Å². The zero-order valence-corrected chi connectivity index (χ0v) is 12.7. The van der Waals surface area contributed by atoms with Gasteiger partial charge in [0.15, 0.2) is 5.82 Å². The van der Waals surface area contributed by atoms with Crippen molar-refractivity contribution in [2.75, 3.05) is 6.54 Å². The van der Waals surface area contributed by atoms with Crippen molar-refractivity contribution in [2.24, 2.45) is 0 Å². The number of amides is 1. The van der Waals surface area contributed by atoms with E-state index in [0.717, 1.165) is 10.2 Å². The van der Waals surface area contributed by atoms with Crippen LogP contribution in [-0.4, -0.2) is 27.2 Å². The maximum absolute atomic E-state index is 12.1. The number of halogens is 1. The Bertz CT molecular complexity index is 621. The lowest BCUT2D eigenvalue weighted by molar-refractivity contribution is 0.0957. The molecule has 0 bridgehead atoms. The van der Waals surface area contributed by atoms with Crippen LogP contribution in [0.2, 0.25) is 0 Å². The molecule has 1 amide bonds. The number of hydrogen-bond donors (Lipinski definition) is 1. The minimum atomic E-state index is -0.162. The fourth-order valence-corrected chi connectivity index (χ4v) is 1.99. The summed E-state index contributed by atoms with van der Waals surface area (Å²) in [5.41, 5.74) is 1.40. The predicted molar refractivity (Wildman–Crippen MR) is 81.1 cm³/mol. The molecule has 104 valence electrons. The topological polar surface area (TPSA) is 59.8 Å². The van der Waals surface area contributed by atoms with Crippen LogP contribution in [0.25, 0.3) is 5.82 Å². The average Bonchev–Trinajstić information content (AvgIpc) is 2.89. The lowest BCUT2D eigenvalue weighted by Crippen LogP contribution is -2.25. The summed E-state index contributed by atoms with van der Waals surface area (Å²) >= 11 is 3.21. The largest absolute Gasteiger partial charge is 0.347 e. The number of hydrogen-bond acceptors (Lipinski definition) is 3. The van der Waals surface area contributed by atoms with E-state index in [2.05, 4.69) is 37.9 Å². The van der Waals surface area contributed by atoms with Crippen molar-refractivity contribution in [1.82, 2.24) is 20.1 Å². The molecule has 20 heavy (non-hydrogen) atoms. The molecular formula is C14H15BrN4O. The standard InChI is InChI=1S/C14H15BrN4O/c1-3-12-11(14(20)17-8-10(2)15)9-18-19(12)13-6-4-5-7-16-13/h4-7,9H,2-3,8H2,1H3,(H,17,20). The van der Waals surface area contributed by atoms with Crippen LogP contribution in [0.15, 0.2) is 41.7 Å². The van der Waals surface area contributed by atoms with Crippen LogP contribution in [0.1, 0.15) is 23.0 Å². The summed E-state index contributed by atoms with van der Waals surface area (Å²) in [6, 6.07) is 5.58. The highest BCUT2D eigenvalue weighted by atomic mass is 79.9. The highest BCUT2D eigenvalue weighted by Gasteiger charge is 2.17. The first-order chi connectivity index (χ1) is 9.63.